The third-order valence-electron chi connectivity index (χ3n) is 22.4. The lowest BCUT2D eigenvalue weighted by Crippen LogP contribution is -2.16. The lowest BCUT2D eigenvalue weighted by Gasteiger charge is -2.10. The summed E-state index contributed by atoms with van der Waals surface area (Å²) < 4.78 is 218. The predicted octanol–water partition coefficient (Wildman–Crippen LogP) is 22.1. The fraction of sp³-hybridized carbons (Fsp3) is 0.295. The van der Waals surface area contributed by atoms with Crippen LogP contribution in [0, 0.1) is 0 Å². The second-order valence-corrected chi connectivity index (χ2v) is 33.0. The fourth-order valence-corrected chi connectivity index (χ4v) is 15.0. The number of nitrogens with one attached hydrogen (secondary N) is 1. The van der Waals surface area contributed by atoms with Gasteiger partial charge in [-0.05, 0) is 190 Å². The molecule has 0 amide bonds. The fourth-order valence-electron chi connectivity index (χ4n) is 15.0. The number of H-pyrrole nitrogens is 1. The van der Waals surface area contributed by atoms with Crippen LogP contribution in [0.3, 0.4) is 0 Å². The van der Waals surface area contributed by atoms with Crippen LogP contribution in [0.4, 0.5) is 65.9 Å². The van der Waals surface area contributed by atoms with Crippen molar-refractivity contribution >= 4 is 23.9 Å². The molecule has 0 bridgehead atoms. The largest absolute Gasteiger partial charge is 0.466 e. The van der Waals surface area contributed by atoms with Crippen LogP contribution < -0.4 is 0 Å². The molecule has 0 fully saturated rings. The number of ether oxygens (including phenoxy) is 4. The van der Waals surface area contributed by atoms with Gasteiger partial charge in [-0.3, -0.25) is 43.0 Å². The molecule has 0 aliphatic carbocycles. The second kappa shape index (κ2) is 48.9. The van der Waals surface area contributed by atoms with Crippen LogP contribution in [0.25, 0.3) is 56.9 Å². The summed E-state index contributed by atoms with van der Waals surface area (Å²) in [6.45, 7) is 13.3. The van der Waals surface area contributed by atoms with E-state index in [0.29, 0.717) is 97.0 Å². The molecule has 3 atom stereocenters. The van der Waals surface area contributed by atoms with E-state index in [0.717, 1.165) is 144 Å². The Hall–Kier alpha value is -15.3. The van der Waals surface area contributed by atoms with E-state index in [1.165, 1.54) is 65.3 Å². The van der Waals surface area contributed by atoms with Crippen LogP contribution in [0.1, 0.15) is 179 Å². The first kappa shape index (κ1) is 109. The average molecular weight is 2000 g/mol. The van der Waals surface area contributed by atoms with E-state index >= 15 is 0 Å². The van der Waals surface area contributed by atoms with Crippen molar-refractivity contribution in [2.75, 3.05) is 33.0 Å². The van der Waals surface area contributed by atoms with Crippen LogP contribution in [-0.2, 0) is 142 Å². The summed E-state index contributed by atoms with van der Waals surface area (Å²) in [4.78, 5) is 69.8. The van der Waals surface area contributed by atoms with E-state index in [-0.39, 0.29) is 63.1 Å². The Bertz CT molecular complexity index is 6620. The molecule has 15 aromatic rings. The first-order valence-corrected chi connectivity index (χ1v) is 45.4. The number of rotatable bonds is 29. The Morgan fingerprint density at radius 2 is 0.556 bits per heavy atom. The number of carbonyl (C=O) groups is 4. The van der Waals surface area contributed by atoms with Gasteiger partial charge in [0.1, 0.15) is 53.8 Å². The zero-order chi connectivity index (χ0) is 105. The zero-order valence-corrected chi connectivity index (χ0v) is 80.0. The first-order chi connectivity index (χ1) is 68.3. The number of aromatic amines is 1. The second-order valence-electron chi connectivity index (χ2n) is 33.0. The molecule has 24 nitrogen and oxygen atoms in total. The number of nitrogens with zero attached hydrogens (tertiary/aromatic N) is 14. The topological polar surface area (TPSA) is 290 Å². The number of aliphatic hydroxyl groups excluding tert-OH is 1. The molecule has 0 spiro atoms. The molecule has 756 valence electrons. The minimum absolute atomic E-state index is 0.0120. The molecule has 0 saturated heterocycles. The predicted molar refractivity (Wildman–Crippen MR) is 505 cm³/mol. The highest BCUT2D eigenvalue weighted by atomic mass is 19.4. The number of alkyl halides is 15. The van der Waals surface area contributed by atoms with Crippen LogP contribution in [0.15, 0.2) is 243 Å². The minimum Gasteiger partial charge on any atom is -0.466 e. The lowest BCUT2D eigenvalue weighted by atomic mass is 9.98. The normalized spacial score (nSPS) is 12.2. The molecular formula is C105H102F15N15O9. The number of aryl methyl sites for hydroxylation is 4. The molecule has 15 rings (SSSR count). The molecule has 144 heavy (non-hydrogen) atoms. The van der Waals surface area contributed by atoms with Gasteiger partial charge in [0, 0.05) is 61.9 Å². The van der Waals surface area contributed by atoms with Crippen molar-refractivity contribution in [2.24, 2.45) is 28.2 Å². The number of esters is 4. The van der Waals surface area contributed by atoms with Gasteiger partial charge in [-0.2, -0.15) is 91.3 Å². The van der Waals surface area contributed by atoms with Crippen LogP contribution in [0.5, 0.6) is 0 Å². The number of aromatic nitrogens is 15. The molecule has 0 aliphatic rings. The van der Waals surface area contributed by atoms with Gasteiger partial charge < -0.3 is 24.1 Å². The van der Waals surface area contributed by atoms with Crippen molar-refractivity contribution in [3.63, 3.8) is 0 Å². The maximum atomic E-state index is 12.8. The van der Waals surface area contributed by atoms with Gasteiger partial charge in [-0.1, -0.05) is 189 Å². The van der Waals surface area contributed by atoms with Gasteiger partial charge in [-0.15, -0.1) is 0 Å². The molecule has 39 heteroatoms. The minimum atomic E-state index is -4.36. The highest BCUT2D eigenvalue weighted by Crippen LogP contribution is 2.38. The Balaban J connectivity index is 0.000000172. The molecule has 2 N–H and O–H groups in total. The van der Waals surface area contributed by atoms with Crippen molar-refractivity contribution in [1.82, 2.24) is 74.2 Å². The number of benzene rings is 10. The summed E-state index contributed by atoms with van der Waals surface area (Å²) >= 11 is 0. The molecule has 3 unspecified atom stereocenters. The molecule has 0 aliphatic heterocycles. The van der Waals surface area contributed by atoms with Crippen LogP contribution in [0.2, 0.25) is 0 Å². The summed E-state index contributed by atoms with van der Waals surface area (Å²) in [5.74, 6) is 1.99. The van der Waals surface area contributed by atoms with E-state index in [4.69, 9.17) is 18.9 Å². The van der Waals surface area contributed by atoms with Gasteiger partial charge in [0.25, 0.3) is 0 Å². The van der Waals surface area contributed by atoms with Crippen molar-refractivity contribution in [3.8, 4) is 56.9 Å². The Labute approximate surface area is 818 Å². The molecular weight excluding hydrogens is 1900 g/mol. The Morgan fingerprint density at radius 3 is 0.826 bits per heavy atom. The molecule has 5 aromatic heterocycles. The van der Waals surface area contributed by atoms with Gasteiger partial charge in [0.15, 0.2) is 29.1 Å². The lowest BCUT2D eigenvalue weighted by molar-refractivity contribution is -0.145. The summed E-state index contributed by atoms with van der Waals surface area (Å²) in [5.41, 5.74) is 8.63. The molecule has 5 heterocycles. The Kier molecular flexibility index (Phi) is 37.1. The third-order valence-corrected chi connectivity index (χ3v) is 22.4. The van der Waals surface area contributed by atoms with Gasteiger partial charge in [0.05, 0.1) is 60.9 Å². The first-order valence-electron chi connectivity index (χ1n) is 45.4. The van der Waals surface area contributed by atoms with Crippen molar-refractivity contribution in [2.45, 2.75) is 142 Å². The zero-order valence-electron chi connectivity index (χ0n) is 80.0. The van der Waals surface area contributed by atoms with E-state index < -0.39 is 76.5 Å². The maximum Gasteiger partial charge on any atom is 0.416 e. The summed E-state index contributed by atoms with van der Waals surface area (Å²) in [6.07, 6.45) is -19.6. The number of hydrogen-bond acceptors (Lipinski definition) is 19. The molecule has 10 aromatic carbocycles. The number of hydrogen-bond donors (Lipinski definition) is 2. The van der Waals surface area contributed by atoms with Crippen molar-refractivity contribution in [1.29, 1.82) is 0 Å². The number of halogens is 15. The average Bonchev–Trinajstić information content (AvgIpc) is 1.66. The summed E-state index contributed by atoms with van der Waals surface area (Å²) in [7, 11) is 6.89. The van der Waals surface area contributed by atoms with Gasteiger partial charge in [-0.25, -0.2) is 24.9 Å². The van der Waals surface area contributed by atoms with E-state index in [9.17, 15) is 90.1 Å². The smallest absolute Gasteiger partial charge is 0.416 e. The van der Waals surface area contributed by atoms with E-state index in [1.807, 2.05) is 128 Å². The van der Waals surface area contributed by atoms with E-state index in [1.54, 1.807) is 83.8 Å². The van der Waals surface area contributed by atoms with Crippen molar-refractivity contribution in [3.05, 3.63) is 355 Å². The van der Waals surface area contributed by atoms with E-state index in [2.05, 4.69) is 55.5 Å². The summed E-state index contributed by atoms with van der Waals surface area (Å²) in [6, 6.07) is 62.8. The highest BCUT2D eigenvalue weighted by molar-refractivity contribution is 5.78. The number of aliphatic hydroxyl groups is 1. The Morgan fingerprint density at radius 1 is 0.312 bits per heavy atom. The van der Waals surface area contributed by atoms with Gasteiger partial charge in [0.2, 0.25) is 0 Å². The quantitative estimate of drug-likeness (QED) is 0.0250. The SMILES string of the molecule is CC(CO)c1nc(-c2ccccc2Cc2ccc(C(F)(F)F)cc2)nn1C.CCOC(=O)C(C)c1nc(-c2ccccc2Cc2ccc(C(F)(F)F)cc2)nn1C.CCOC(=O)C(C)c1nc(-c2ccccc2Cc2ccc(C(F)(F)F)cc2)nn1C.CCOC(=O)Cc1nc(-c2ccccc2Cc2ccc(C(F)(F)F)cc2)n[nH]1.CCOC(=O)Cc1nc(-c2ccccc2Cc2ccc(C(F)(F)F)cc2)nn1C. The van der Waals surface area contributed by atoms with Gasteiger partial charge >= 0.3 is 54.8 Å². The van der Waals surface area contributed by atoms with Crippen molar-refractivity contribution < 1.29 is 109 Å². The highest BCUT2D eigenvalue weighted by Gasteiger charge is 2.36. The summed E-state index contributed by atoms with van der Waals surface area (Å²) in [5, 5.41) is 34.0. The molecule has 0 saturated carbocycles. The van der Waals surface area contributed by atoms with Crippen LogP contribution >= 0.6 is 0 Å². The molecule has 0 radical (unpaired) electrons. The standard InChI is InChI=1S/2C22H22F3N3O2.C21H20F3N3O2.C20H18F3N3O2.C20H20F3N3O/c2*1-4-30-21(29)14(2)20-26-19(27-28(20)3)18-8-6-5-7-16(18)13-15-9-11-17(12-10-15)22(23,24)25;1-3-29-19(28)13-18-25-20(26-27(18)2)17-7-5-4-6-15(17)12-14-8-10-16(11-9-14)21(22,23)24;1-2-28-18(27)12-17-24-19(26-25-17)16-6-4-3-5-14(16)11-13-7-9-15(10-8-13)20(21,22)23;1-13(12-27)19-24-18(25-26(19)2)17-6-4-3-5-15(17)11-14-7-9-16(10-8-14)20(21,22)23/h2*5-12,14H,4,13H2,1-3H3;4-11H,3,12-13H2,1-2H3;3-10H,2,11-12H2,1H3,(H,24,25,26);3-10,13,27H,11-12H2,1-2H3. The third kappa shape index (κ3) is 29.9. The maximum absolute atomic E-state index is 12.8. The van der Waals surface area contributed by atoms with Crippen LogP contribution in [-0.4, -0.2) is 136 Å². The number of carbonyl (C=O) groups excluding carboxylic acids is 4. The monoisotopic (exact) mass is 2000 g/mol.